The van der Waals surface area contributed by atoms with Crippen molar-refractivity contribution in [3.63, 3.8) is 0 Å². The van der Waals surface area contributed by atoms with Crippen LogP contribution < -0.4 is 14.8 Å². The Morgan fingerprint density at radius 2 is 1.92 bits per heavy atom. The Balaban J connectivity index is 1.66. The van der Waals surface area contributed by atoms with Crippen LogP contribution in [-0.2, 0) is 9.59 Å². The summed E-state index contributed by atoms with van der Waals surface area (Å²) in [6.45, 7) is 6.00. The molecule has 0 saturated carbocycles. The van der Waals surface area contributed by atoms with Gasteiger partial charge in [0, 0.05) is 31.0 Å². The third-order valence-corrected chi connectivity index (χ3v) is 4.38. The minimum absolute atomic E-state index is 0.0131. The number of piperidine rings is 1. The molecule has 1 saturated heterocycles. The van der Waals surface area contributed by atoms with Gasteiger partial charge in [0.2, 0.25) is 11.8 Å². The SMILES string of the molecule is COc1cccc(OCCNC(=O)C2CCN(C(=O)C(C)C)CC2)c1. The average Bonchev–Trinajstić information content (AvgIpc) is 2.64. The number of hydrogen-bond donors (Lipinski definition) is 1. The molecule has 1 aromatic carbocycles. The summed E-state index contributed by atoms with van der Waals surface area (Å²) in [6, 6.07) is 7.37. The Kier molecular flexibility index (Phi) is 7.10. The standard InChI is InChI=1S/C19H28N2O4/c1-14(2)19(23)21-10-7-15(8-11-21)18(22)20-9-12-25-17-6-4-5-16(13-17)24-3/h4-6,13-15H,7-12H2,1-3H3,(H,20,22). The van der Waals surface area contributed by atoms with Crippen LogP contribution in [0.25, 0.3) is 0 Å². The van der Waals surface area contributed by atoms with Crippen molar-refractivity contribution in [2.75, 3.05) is 33.4 Å². The number of methoxy groups -OCH3 is 1. The summed E-state index contributed by atoms with van der Waals surface area (Å²) in [5.74, 6) is 1.67. The molecule has 1 aliphatic heterocycles. The van der Waals surface area contributed by atoms with Gasteiger partial charge in [-0.2, -0.15) is 0 Å². The topological polar surface area (TPSA) is 67.9 Å². The first-order chi connectivity index (χ1) is 12.0. The van der Waals surface area contributed by atoms with Gasteiger partial charge >= 0.3 is 0 Å². The van der Waals surface area contributed by atoms with E-state index in [9.17, 15) is 9.59 Å². The summed E-state index contributed by atoms with van der Waals surface area (Å²) < 4.78 is 10.8. The van der Waals surface area contributed by atoms with Gasteiger partial charge in [0.25, 0.3) is 0 Å². The molecular formula is C19H28N2O4. The normalized spacial score (nSPS) is 15.1. The number of nitrogens with zero attached hydrogens (tertiary/aromatic N) is 1. The number of carbonyl (C=O) groups excluding carboxylic acids is 2. The molecule has 6 heteroatoms. The lowest BCUT2D eigenvalue weighted by Crippen LogP contribution is -2.44. The Morgan fingerprint density at radius 3 is 2.56 bits per heavy atom. The molecule has 0 radical (unpaired) electrons. The van der Waals surface area contributed by atoms with Gasteiger partial charge in [0.1, 0.15) is 18.1 Å². The van der Waals surface area contributed by atoms with Crippen LogP contribution >= 0.6 is 0 Å². The largest absolute Gasteiger partial charge is 0.497 e. The minimum atomic E-state index is -0.0203. The molecule has 2 rings (SSSR count). The van der Waals surface area contributed by atoms with Crippen molar-refractivity contribution >= 4 is 11.8 Å². The van der Waals surface area contributed by atoms with Crippen LogP contribution in [0.15, 0.2) is 24.3 Å². The number of likely N-dealkylation sites (tertiary alicyclic amines) is 1. The first-order valence-electron chi connectivity index (χ1n) is 8.84. The highest BCUT2D eigenvalue weighted by Gasteiger charge is 2.27. The van der Waals surface area contributed by atoms with E-state index in [1.54, 1.807) is 7.11 Å². The van der Waals surface area contributed by atoms with E-state index in [1.807, 2.05) is 43.0 Å². The van der Waals surface area contributed by atoms with E-state index in [0.29, 0.717) is 32.0 Å². The minimum Gasteiger partial charge on any atom is -0.497 e. The van der Waals surface area contributed by atoms with Gasteiger partial charge in [0.05, 0.1) is 13.7 Å². The number of carbonyl (C=O) groups is 2. The van der Waals surface area contributed by atoms with Crippen LogP contribution in [-0.4, -0.2) is 50.1 Å². The lowest BCUT2D eigenvalue weighted by Gasteiger charge is -2.32. The van der Waals surface area contributed by atoms with Gasteiger partial charge in [-0.1, -0.05) is 19.9 Å². The van der Waals surface area contributed by atoms with Crippen molar-refractivity contribution in [3.8, 4) is 11.5 Å². The van der Waals surface area contributed by atoms with E-state index in [0.717, 1.165) is 18.6 Å². The fourth-order valence-electron chi connectivity index (χ4n) is 2.91. The van der Waals surface area contributed by atoms with Crippen LogP contribution in [0.3, 0.4) is 0 Å². The van der Waals surface area contributed by atoms with Gasteiger partial charge < -0.3 is 19.7 Å². The molecule has 1 aliphatic rings. The lowest BCUT2D eigenvalue weighted by atomic mass is 9.95. The van der Waals surface area contributed by atoms with Gasteiger partial charge in [-0.3, -0.25) is 9.59 Å². The highest BCUT2D eigenvalue weighted by molar-refractivity contribution is 5.80. The Hall–Kier alpha value is -2.24. The highest BCUT2D eigenvalue weighted by atomic mass is 16.5. The number of amides is 2. The summed E-state index contributed by atoms with van der Waals surface area (Å²) in [4.78, 5) is 26.1. The third-order valence-electron chi connectivity index (χ3n) is 4.38. The van der Waals surface area contributed by atoms with Crippen molar-refractivity contribution in [1.29, 1.82) is 0 Å². The summed E-state index contributed by atoms with van der Waals surface area (Å²) >= 11 is 0. The fraction of sp³-hybridized carbons (Fsp3) is 0.579. The fourth-order valence-corrected chi connectivity index (χ4v) is 2.91. The first-order valence-corrected chi connectivity index (χ1v) is 8.84. The van der Waals surface area contributed by atoms with Crippen molar-refractivity contribution in [2.45, 2.75) is 26.7 Å². The molecule has 1 heterocycles. The molecule has 1 N–H and O–H groups in total. The summed E-state index contributed by atoms with van der Waals surface area (Å²) in [6.07, 6.45) is 1.45. The molecule has 0 spiro atoms. The Bertz CT molecular complexity index is 581. The molecule has 138 valence electrons. The van der Waals surface area contributed by atoms with Crippen molar-refractivity contribution in [1.82, 2.24) is 10.2 Å². The van der Waals surface area contributed by atoms with Crippen LogP contribution in [0.4, 0.5) is 0 Å². The van der Waals surface area contributed by atoms with E-state index in [2.05, 4.69) is 5.32 Å². The van der Waals surface area contributed by atoms with E-state index in [4.69, 9.17) is 9.47 Å². The average molecular weight is 348 g/mol. The van der Waals surface area contributed by atoms with Crippen LogP contribution in [0.1, 0.15) is 26.7 Å². The number of hydrogen-bond acceptors (Lipinski definition) is 4. The van der Waals surface area contributed by atoms with E-state index in [1.165, 1.54) is 0 Å². The summed E-state index contributed by atoms with van der Waals surface area (Å²) in [5, 5.41) is 2.92. The molecule has 0 aliphatic carbocycles. The zero-order chi connectivity index (χ0) is 18.2. The number of rotatable bonds is 7. The summed E-state index contributed by atoms with van der Waals surface area (Å²) in [7, 11) is 1.61. The molecule has 0 unspecified atom stereocenters. The third kappa shape index (κ3) is 5.66. The monoisotopic (exact) mass is 348 g/mol. The van der Waals surface area contributed by atoms with E-state index < -0.39 is 0 Å². The quantitative estimate of drug-likeness (QED) is 0.766. The lowest BCUT2D eigenvalue weighted by molar-refractivity contribution is -0.138. The van der Waals surface area contributed by atoms with E-state index >= 15 is 0 Å². The van der Waals surface area contributed by atoms with Gasteiger partial charge in [-0.25, -0.2) is 0 Å². The Labute approximate surface area is 149 Å². The molecule has 6 nitrogen and oxygen atoms in total. The number of benzene rings is 1. The second-order valence-electron chi connectivity index (χ2n) is 6.57. The highest BCUT2D eigenvalue weighted by Crippen LogP contribution is 2.20. The van der Waals surface area contributed by atoms with Gasteiger partial charge in [-0.15, -0.1) is 0 Å². The molecule has 1 fully saturated rings. The zero-order valence-corrected chi connectivity index (χ0v) is 15.3. The predicted molar refractivity (Wildman–Crippen MR) is 95.6 cm³/mol. The summed E-state index contributed by atoms with van der Waals surface area (Å²) in [5.41, 5.74) is 0. The molecule has 0 atom stereocenters. The molecule has 0 aromatic heterocycles. The number of nitrogens with one attached hydrogen (secondary N) is 1. The molecule has 2 amide bonds. The molecule has 1 aromatic rings. The van der Waals surface area contributed by atoms with Crippen molar-refractivity contribution in [3.05, 3.63) is 24.3 Å². The second-order valence-corrected chi connectivity index (χ2v) is 6.57. The zero-order valence-electron chi connectivity index (χ0n) is 15.3. The smallest absolute Gasteiger partial charge is 0.225 e. The van der Waals surface area contributed by atoms with Gasteiger partial charge in [-0.05, 0) is 25.0 Å². The maximum atomic E-state index is 12.2. The van der Waals surface area contributed by atoms with E-state index in [-0.39, 0.29) is 23.7 Å². The van der Waals surface area contributed by atoms with Crippen LogP contribution in [0.2, 0.25) is 0 Å². The van der Waals surface area contributed by atoms with Crippen LogP contribution in [0.5, 0.6) is 11.5 Å². The number of ether oxygens (including phenoxy) is 2. The van der Waals surface area contributed by atoms with Crippen molar-refractivity contribution in [2.24, 2.45) is 11.8 Å². The second kappa shape index (κ2) is 9.30. The predicted octanol–water partition coefficient (Wildman–Crippen LogP) is 2.08. The van der Waals surface area contributed by atoms with Gasteiger partial charge in [0.15, 0.2) is 0 Å². The molecule has 25 heavy (non-hydrogen) atoms. The molecular weight excluding hydrogens is 320 g/mol. The maximum absolute atomic E-state index is 12.2. The first kappa shape index (κ1) is 19.1. The maximum Gasteiger partial charge on any atom is 0.225 e. The molecule has 0 bridgehead atoms. The van der Waals surface area contributed by atoms with Crippen molar-refractivity contribution < 1.29 is 19.1 Å². The Morgan fingerprint density at radius 1 is 1.24 bits per heavy atom. The van der Waals surface area contributed by atoms with Crippen LogP contribution in [0, 0.1) is 11.8 Å².